The van der Waals surface area contributed by atoms with Gasteiger partial charge < -0.3 is 4.98 Å². The Morgan fingerprint density at radius 1 is 1.36 bits per heavy atom. The first-order valence-corrected chi connectivity index (χ1v) is 5.19. The third kappa shape index (κ3) is 1.12. The van der Waals surface area contributed by atoms with E-state index >= 15 is 0 Å². The Bertz CT molecular complexity index is 521. The van der Waals surface area contributed by atoms with Crippen LogP contribution in [0.4, 0.5) is 0 Å². The second kappa shape index (κ2) is 2.92. The minimum absolute atomic E-state index is 0.992. The summed E-state index contributed by atoms with van der Waals surface area (Å²) in [5.41, 5.74) is 4.97. The van der Waals surface area contributed by atoms with E-state index in [2.05, 4.69) is 21.0 Å². The van der Waals surface area contributed by atoms with E-state index in [1.54, 1.807) is 17.5 Å². The maximum Gasteiger partial charge on any atom is 0.0973 e. The van der Waals surface area contributed by atoms with Crippen LogP contribution in [0.5, 0.6) is 0 Å². The molecule has 0 fully saturated rings. The third-order valence-corrected chi connectivity index (χ3v) is 2.72. The summed E-state index contributed by atoms with van der Waals surface area (Å²) < 4.78 is 0. The normalized spacial score (nSPS) is 10.9. The minimum atomic E-state index is 0.992. The van der Waals surface area contributed by atoms with E-state index in [1.807, 2.05) is 23.2 Å². The molecule has 0 amide bonds. The van der Waals surface area contributed by atoms with Crippen LogP contribution in [0.2, 0.25) is 0 Å². The van der Waals surface area contributed by atoms with Crippen LogP contribution in [0.15, 0.2) is 35.4 Å². The fourth-order valence-electron chi connectivity index (χ4n) is 1.46. The lowest BCUT2D eigenvalue weighted by Crippen LogP contribution is -1.74. The summed E-state index contributed by atoms with van der Waals surface area (Å²) >= 11 is 1.60. The largest absolute Gasteiger partial charge is 0.353 e. The van der Waals surface area contributed by atoms with Gasteiger partial charge >= 0.3 is 0 Å². The van der Waals surface area contributed by atoms with E-state index < -0.39 is 0 Å². The lowest BCUT2D eigenvalue weighted by Gasteiger charge is -1.87. The molecule has 0 radical (unpaired) electrons. The van der Waals surface area contributed by atoms with Crippen LogP contribution in [-0.4, -0.2) is 15.0 Å². The Morgan fingerprint density at radius 2 is 2.36 bits per heavy atom. The van der Waals surface area contributed by atoms with Crippen LogP contribution < -0.4 is 0 Å². The number of hydrogen-bond donors (Lipinski definition) is 1. The molecule has 14 heavy (non-hydrogen) atoms. The van der Waals surface area contributed by atoms with Gasteiger partial charge in [-0.1, -0.05) is 0 Å². The summed E-state index contributed by atoms with van der Waals surface area (Å²) in [7, 11) is 0. The predicted octanol–water partition coefficient (Wildman–Crippen LogP) is 2.69. The first-order chi connectivity index (χ1) is 6.93. The summed E-state index contributed by atoms with van der Waals surface area (Å²) in [5.74, 6) is 0. The van der Waals surface area contributed by atoms with Crippen molar-refractivity contribution in [2.45, 2.75) is 0 Å². The molecule has 0 aliphatic rings. The number of pyridine rings is 1. The molecule has 0 atom stereocenters. The van der Waals surface area contributed by atoms with Gasteiger partial charge in [0, 0.05) is 28.7 Å². The third-order valence-electron chi connectivity index (χ3n) is 2.13. The van der Waals surface area contributed by atoms with Gasteiger partial charge in [-0.2, -0.15) is 0 Å². The summed E-state index contributed by atoms with van der Waals surface area (Å²) in [6.45, 7) is 0. The topological polar surface area (TPSA) is 41.6 Å². The molecule has 0 saturated carbocycles. The van der Waals surface area contributed by atoms with Crippen molar-refractivity contribution in [2.75, 3.05) is 0 Å². The first-order valence-electron chi connectivity index (χ1n) is 4.25. The molecule has 3 aromatic heterocycles. The Kier molecular flexibility index (Phi) is 1.61. The molecule has 3 heterocycles. The maximum absolute atomic E-state index is 4.25. The van der Waals surface area contributed by atoms with Gasteiger partial charge in [-0.3, -0.25) is 4.98 Å². The molecule has 0 bridgehead atoms. The molecule has 3 rings (SSSR count). The summed E-state index contributed by atoms with van der Waals surface area (Å²) in [4.78, 5) is 11.6. The van der Waals surface area contributed by atoms with Gasteiger partial charge in [0.1, 0.15) is 0 Å². The highest BCUT2D eigenvalue weighted by Gasteiger charge is 2.03. The summed E-state index contributed by atoms with van der Waals surface area (Å²) in [6, 6.07) is 4.03. The number of nitrogens with zero attached hydrogens (tertiary/aromatic N) is 2. The highest BCUT2D eigenvalue weighted by molar-refractivity contribution is 7.07. The van der Waals surface area contributed by atoms with Gasteiger partial charge in [-0.05, 0) is 12.1 Å². The lowest BCUT2D eigenvalue weighted by atomic mass is 10.3. The van der Waals surface area contributed by atoms with Gasteiger partial charge in [0.15, 0.2) is 0 Å². The molecule has 68 valence electrons. The molecule has 0 spiro atoms. The average Bonchev–Trinajstić information content (AvgIpc) is 2.86. The van der Waals surface area contributed by atoms with Gasteiger partial charge in [0.05, 0.1) is 16.9 Å². The average molecular weight is 201 g/mol. The zero-order chi connectivity index (χ0) is 9.38. The highest BCUT2D eigenvalue weighted by atomic mass is 32.1. The van der Waals surface area contributed by atoms with E-state index in [1.165, 1.54) is 0 Å². The van der Waals surface area contributed by atoms with Crippen LogP contribution >= 0.6 is 11.3 Å². The van der Waals surface area contributed by atoms with Crippen molar-refractivity contribution < 1.29 is 0 Å². The van der Waals surface area contributed by atoms with Gasteiger partial charge in [0.25, 0.3) is 0 Å². The number of nitrogens with one attached hydrogen (secondary N) is 1. The van der Waals surface area contributed by atoms with Crippen LogP contribution in [0.25, 0.3) is 22.3 Å². The quantitative estimate of drug-likeness (QED) is 0.657. The molecule has 0 unspecified atom stereocenters. The van der Waals surface area contributed by atoms with E-state index in [9.17, 15) is 0 Å². The van der Waals surface area contributed by atoms with E-state index in [0.29, 0.717) is 0 Å². The number of H-pyrrole nitrogens is 1. The zero-order valence-electron chi connectivity index (χ0n) is 7.27. The highest BCUT2D eigenvalue weighted by Crippen LogP contribution is 2.22. The summed E-state index contributed by atoms with van der Waals surface area (Å²) in [5, 5.41) is 3.15. The molecular weight excluding hydrogens is 194 g/mol. The first kappa shape index (κ1) is 7.70. The lowest BCUT2D eigenvalue weighted by molar-refractivity contribution is 1.34. The van der Waals surface area contributed by atoms with Crippen molar-refractivity contribution in [3.05, 3.63) is 35.4 Å². The number of aromatic nitrogens is 3. The van der Waals surface area contributed by atoms with Crippen LogP contribution in [0.3, 0.4) is 0 Å². The molecule has 4 heteroatoms. The van der Waals surface area contributed by atoms with Crippen LogP contribution in [-0.2, 0) is 0 Å². The van der Waals surface area contributed by atoms with E-state index in [4.69, 9.17) is 0 Å². The Morgan fingerprint density at radius 3 is 3.14 bits per heavy atom. The minimum Gasteiger partial charge on any atom is -0.353 e. The molecular formula is C10H7N3S. The smallest absolute Gasteiger partial charge is 0.0973 e. The predicted molar refractivity (Wildman–Crippen MR) is 57.2 cm³/mol. The van der Waals surface area contributed by atoms with Crippen LogP contribution in [0.1, 0.15) is 0 Å². The standard InChI is InChI=1S/C10H7N3S/c1-2-11-4-7-3-9(13-8(1)7)10-5-14-6-12-10/h1-6,13H. The monoisotopic (exact) mass is 201 g/mol. The number of hydrogen-bond acceptors (Lipinski definition) is 3. The van der Waals surface area contributed by atoms with Gasteiger partial charge in [0.2, 0.25) is 0 Å². The Hall–Kier alpha value is -1.68. The molecule has 3 aromatic rings. The molecule has 3 nitrogen and oxygen atoms in total. The second-order valence-electron chi connectivity index (χ2n) is 3.02. The van der Waals surface area contributed by atoms with E-state index in [-0.39, 0.29) is 0 Å². The fourth-order valence-corrected chi connectivity index (χ4v) is 2.01. The fraction of sp³-hybridized carbons (Fsp3) is 0. The number of thiazole rings is 1. The van der Waals surface area contributed by atoms with Crippen molar-refractivity contribution in [3.8, 4) is 11.4 Å². The number of aromatic amines is 1. The van der Waals surface area contributed by atoms with Crippen molar-refractivity contribution >= 4 is 22.2 Å². The molecule has 0 aliphatic carbocycles. The van der Waals surface area contributed by atoms with Gasteiger partial charge in [-0.25, -0.2) is 4.98 Å². The van der Waals surface area contributed by atoms with Gasteiger partial charge in [-0.15, -0.1) is 11.3 Å². The molecule has 1 N–H and O–H groups in total. The zero-order valence-corrected chi connectivity index (χ0v) is 8.08. The van der Waals surface area contributed by atoms with E-state index in [0.717, 1.165) is 22.3 Å². The van der Waals surface area contributed by atoms with Crippen molar-refractivity contribution in [2.24, 2.45) is 0 Å². The number of fused-ring (bicyclic) bond motifs is 1. The summed E-state index contributed by atoms with van der Waals surface area (Å²) in [6.07, 6.45) is 3.63. The van der Waals surface area contributed by atoms with Crippen molar-refractivity contribution in [3.63, 3.8) is 0 Å². The maximum atomic E-state index is 4.25. The van der Waals surface area contributed by atoms with Crippen molar-refractivity contribution in [1.29, 1.82) is 0 Å². The molecule has 0 saturated heterocycles. The Balaban J connectivity index is 2.24. The second-order valence-corrected chi connectivity index (χ2v) is 3.74. The SMILES string of the molecule is c1cc2[nH]c(-c3cscn3)cc2cn1. The molecule has 0 aromatic carbocycles. The molecule has 0 aliphatic heterocycles. The Labute approximate surface area is 84.5 Å². The van der Waals surface area contributed by atoms with Crippen LogP contribution in [0, 0.1) is 0 Å². The van der Waals surface area contributed by atoms with Crippen molar-refractivity contribution in [1.82, 2.24) is 15.0 Å². The number of rotatable bonds is 1.